The summed E-state index contributed by atoms with van der Waals surface area (Å²) in [5.74, 6) is 4.86. The maximum absolute atomic E-state index is 12.8. The van der Waals surface area contributed by atoms with Crippen LogP contribution in [0.25, 0.3) is 0 Å². The van der Waals surface area contributed by atoms with Crippen molar-refractivity contribution in [3.63, 3.8) is 0 Å². The van der Waals surface area contributed by atoms with E-state index in [0.717, 1.165) is 82.9 Å². The predicted molar refractivity (Wildman–Crippen MR) is 178 cm³/mol. The maximum Gasteiger partial charge on any atom is 0.260 e. The van der Waals surface area contributed by atoms with Crippen LogP contribution in [0.5, 0.6) is 0 Å². The lowest BCUT2D eigenvalue weighted by Gasteiger charge is -2.58. The van der Waals surface area contributed by atoms with Crippen molar-refractivity contribution in [1.82, 2.24) is 5.32 Å². The minimum Gasteiger partial charge on any atom is -0.385 e. The first-order valence-corrected chi connectivity index (χ1v) is 17.6. The number of amides is 1. The van der Waals surface area contributed by atoms with Crippen LogP contribution < -0.4 is 5.32 Å². The molecule has 6 nitrogen and oxygen atoms in total. The lowest BCUT2D eigenvalue weighted by atomic mass is 9.46. The van der Waals surface area contributed by atoms with E-state index < -0.39 is 5.60 Å². The molecule has 0 aromatic heterocycles. The van der Waals surface area contributed by atoms with E-state index in [1.807, 2.05) is 0 Å². The number of carbonyl (C=O) groups excluding carboxylic acids is 1. The van der Waals surface area contributed by atoms with Gasteiger partial charge in [0.1, 0.15) is 5.60 Å². The Morgan fingerprint density at radius 2 is 1.89 bits per heavy atom. The van der Waals surface area contributed by atoms with E-state index >= 15 is 0 Å². The van der Waals surface area contributed by atoms with Gasteiger partial charge in [-0.15, -0.1) is 6.42 Å². The van der Waals surface area contributed by atoms with Crippen LogP contribution in [0.2, 0.25) is 0 Å². The summed E-state index contributed by atoms with van der Waals surface area (Å²) in [7, 11) is 0. The normalized spacial score (nSPS) is 40.1. The largest absolute Gasteiger partial charge is 0.385 e. The second-order valence-electron chi connectivity index (χ2n) is 15.7. The molecule has 1 heterocycles. The van der Waals surface area contributed by atoms with Gasteiger partial charge < -0.3 is 20.0 Å². The Hall–Kier alpha value is -2.62. The molecule has 45 heavy (non-hydrogen) atoms. The number of nitrogens with one attached hydrogen (secondary N) is 1. The van der Waals surface area contributed by atoms with Crippen molar-refractivity contribution < 1.29 is 19.5 Å². The SMILES string of the molecule is C#C[C@]1(O)CCC2C3CCC4=CC(=NOCC(=O)NCCC5(c6ccccc6)CCOC(C(C)C)C5)CC[C@]4(C)C3CC[C@@]21C. The number of ether oxygens (including phenoxy) is 1. The van der Waals surface area contributed by atoms with E-state index in [0.29, 0.717) is 30.2 Å². The highest BCUT2D eigenvalue weighted by Crippen LogP contribution is 2.67. The molecule has 4 fully saturated rings. The van der Waals surface area contributed by atoms with E-state index in [1.165, 1.54) is 11.1 Å². The smallest absolute Gasteiger partial charge is 0.260 e. The summed E-state index contributed by atoms with van der Waals surface area (Å²) in [5.41, 5.74) is 2.80. The highest BCUT2D eigenvalue weighted by molar-refractivity contribution is 5.96. The molecule has 0 bridgehead atoms. The molecule has 0 spiro atoms. The van der Waals surface area contributed by atoms with Crippen molar-refractivity contribution in [2.75, 3.05) is 19.8 Å². The fourth-order valence-corrected chi connectivity index (χ4v) is 10.4. The van der Waals surface area contributed by atoms with Crippen LogP contribution in [0.15, 0.2) is 47.1 Å². The first-order chi connectivity index (χ1) is 21.5. The fourth-order valence-electron chi connectivity index (χ4n) is 10.4. The molecule has 6 rings (SSSR count). The van der Waals surface area contributed by atoms with Crippen LogP contribution in [-0.2, 0) is 19.8 Å². The van der Waals surface area contributed by atoms with Gasteiger partial charge in [-0.1, -0.05) is 74.7 Å². The van der Waals surface area contributed by atoms with Gasteiger partial charge in [-0.05, 0) is 111 Å². The lowest BCUT2D eigenvalue weighted by molar-refractivity contribution is -0.125. The Morgan fingerprint density at radius 3 is 2.64 bits per heavy atom. The van der Waals surface area contributed by atoms with Gasteiger partial charge in [0.05, 0.1) is 11.8 Å². The highest BCUT2D eigenvalue weighted by atomic mass is 16.6. The molecule has 1 amide bonds. The Balaban J connectivity index is 1.03. The average molecular weight is 615 g/mol. The van der Waals surface area contributed by atoms with Crippen LogP contribution >= 0.6 is 0 Å². The van der Waals surface area contributed by atoms with Crippen molar-refractivity contribution >= 4 is 11.6 Å². The van der Waals surface area contributed by atoms with Crippen LogP contribution in [0.3, 0.4) is 0 Å². The summed E-state index contributed by atoms with van der Waals surface area (Å²) >= 11 is 0. The van der Waals surface area contributed by atoms with Gasteiger partial charge in [0, 0.05) is 24.0 Å². The van der Waals surface area contributed by atoms with Gasteiger partial charge in [0.2, 0.25) is 0 Å². The van der Waals surface area contributed by atoms with Crippen LogP contribution in [-0.4, -0.2) is 48.2 Å². The summed E-state index contributed by atoms with van der Waals surface area (Å²) in [5, 5.41) is 18.8. The summed E-state index contributed by atoms with van der Waals surface area (Å²) in [6, 6.07) is 10.7. The molecule has 2 N–H and O–H groups in total. The number of benzene rings is 1. The Morgan fingerprint density at radius 1 is 1.11 bits per heavy atom. The number of terminal acetylenes is 1. The number of oxime groups is 1. The number of rotatable bonds is 8. The number of nitrogens with zero attached hydrogens (tertiary/aromatic N) is 1. The third-order valence-corrected chi connectivity index (χ3v) is 13.3. The zero-order chi connectivity index (χ0) is 31.9. The number of fused-ring (bicyclic) bond motifs is 5. The van der Waals surface area contributed by atoms with Gasteiger partial charge in [0.25, 0.3) is 5.91 Å². The topological polar surface area (TPSA) is 80.2 Å². The molecule has 3 saturated carbocycles. The van der Waals surface area contributed by atoms with Gasteiger partial charge in [0.15, 0.2) is 6.61 Å². The first kappa shape index (κ1) is 32.3. The van der Waals surface area contributed by atoms with E-state index in [9.17, 15) is 9.90 Å². The zero-order valence-electron chi connectivity index (χ0n) is 27.9. The second-order valence-corrected chi connectivity index (χ2v) is 15.7. The Kier molecular flexibility index (Phi) is 9.00. The fraction of sp³-hybridized carbons (Fsp3) is 0.692. The van der Waals surface area contributed by atoms with Crippen molar-refractivity contribution in [2.24, 2.45) is 39.7 Å². The third-order valence-electron chi connectivity index (χ3n) is 13.3. The summed E-state index contributed by atoms with van der Waals surface area (Å²) in [6.07, 6.45) is 19.2. The number of allylic oxidation sites excluding steroid dienone is 2. The monoisotopic (exact) mass is 614 g/mol. The first-order valence-electron chi connectivity index (χ1n) is 17.6. The Bertz CT molecular complexity index is 1350. The quantitative estimate of drug-likeness (QED) is 0.245. The zero-order valence-corrected chi connectivity index (χ0v) is 27.9. The van der Waals surface area contributed by atoms with Crippen LogP contribution in [0, 0.1) is 46.8 Å². The standard InChI is InChI=1S/C39H54N2O4/c1-6-39(43)19-16-33-31-13-12-29-24-30(14-17-36(29,4)32(31)15-18-37(33,39)5)41-45-26-35(42)40-22-20-38(28-10-8-7-9-11-28)21-23-44-34(25-38)27(2)3/h1,7-11,24,27,31-34,43H,12-23,25-26H2,2-5H3,(H,40,42)/t31?,32?,33?,34?,36-,37-,38?,39-/m0/s1. The van der Waals surface area contributed by atoms with E-state index in [-0.39, 0.29) is 34.9 Å². The van der Waals surface area contributed by atoms with E-state index in [2.05, 4.69) is 80.5 Å². The lowest BCUT2D eigenvalue weighted by Crippen LogP contribution is -2.54. The van der Waals surface area contributed by atoms with E-state index in [4.69, 9.17) is 16.0 Å². The van der Waals surface area contributed by atoms with Crippen molar-refractivity contribution in [3.8, 4) is 12.3 Å². The molecule has 4 aliphatic carbocycles. The van der Waals surface area contributed by atoms with Crippen LogP contribution in [0.1, 0.15) is 104 Å². The van der Waals surface area contributed by atoms with E-state index in [1.54, 1.807) is 0 Å². The summed E-state index contributed by atoms with van der Waals surface area (Å²) in [6.45, 7) is 10.4. The molecule has 1 aliphatic heterocycles. The predicted octanol–water partition coefficient (Wildman–Crippen LogP) is 6.97. The number of aliphatic hydroxyl groups is 1. The Labute approximate surface area is 270 Å². The maximum atomic E-state index is 12.8. The molecule has 8 atom stereocenters. The molecule has 1 aromatic carbocycles. The molecule has 1 aromatic rings. The number of hydrogen-bond donors (Lipinski definition) is 2. The second kappa shape index (κ2) is 12.5. The minimum atomic E-state index is -0.958. The summed E-state index contributed by atoms with van der Waals surface area (Å²) in [4.78, 5) is 18.4. The molecule has 0 radical (unpaired) electrons. The van der Waals surface area contributed by atoms with Crippen molar-refractivity contribution in [3.05, 3.63) is 47.5 Å². The molecular weight excluding hydrogens is 560 g/mol. The molecular formula is C39H54N2O4. The van der Waals surface area contributed by atoms with Crippen molar-refractivity contribution in [1.29, 1.82) is 0 Å². The van der Waals surface area contributed by atoms with Gasteiger partial charge >= 0.3 is 0 Å². The average Bonchev–Trinajstić information content (AvgIpc) is 3.32. The molecule has 5 aliphatic rings. The molecule has 5 unspecified atom stereocenters. The molecule has 6 heteroatoms. The third kappa shape index (κ3) is 5.78. The van der Waals surface area contributed by atoms with Gasteiger partial charge in [-0.3, -0.25) is 4.79 Å². The van der Waals surface area contributed by atoms with Gasteiger partial charge in [-0.25, -0.2) is 0 Å². The number of carbonyl (C=O) groups is 1. The summed E-state index contributed by atoms with van der Waals surface area (Å²) < 4.78 is 6.11. The minimum absolute atomic E-state index is 0.00000715. The number of hydrogen-bond acceptors (Lipinski definition) is 5. The molecule has 1 saturated heterocycles. The molecule has 244 valence electrons. The van der Waals surface area contributed by atoms with Crippen molar-refractivity contribution in [2.45, 2.75) is 115 Å². The highest BCUT2D eigenvalue weighted by Gasteiger charge is 2.63. The van der Waals surface area contributed by atoms with Crippen LogP contribution in [0.4, 0.5) is 0 Å². The van der Waals surface area contributed by atoms with Gasteiger partial charge in [-0.2, -0.15) is 0 Å².